The second-order valence-corrected chi connectivity index (χ2v) is 8.44. The van der Waals surface area contributed by atoms with E-state index in [1.165, 1.54) is 25.7 Å². The molecule has 1 aliphatic heterocycles. The van der Waals surface area contributed by atoms with Gasteiger partial charge < -0.3 is 21.7 Å². The molecule has 1 aromatic carbocycles. The van der Waals surface area contributed by atoms with Crippen LogP contribution >= 0.6 is 0 Å². The fourth-order valence-electron chi connectivity index (χ4n) is 4.26. The fourth-order valence-corrected chi connectivity index (χ4v) is 4.26. The zero-order chi connectivity index (χ0) is 21.3. The first-order valence-corrected chi connectivity index (χ1v) is 10.9. The van der Waals surface area contributed by atoms with Crippen LogP contribution in [0, 0.1) is 11.8 Å². The molecule has 3 rings (SSSR count). The number of likely N-dealkylation sites (tertiary alicyclic amines) is 1. The summed E-state index contributed by atoms with van der Waals surface area (Å²) in [6.45, 7) is 3.01. The van der Waals surface area contributed by atoms with Crippen LogP contribution in [-0.4, -0.2) is 48.9 Å². The van der Waals surface area contributed by atoms with E-state index in [2.05, 4.69) is 20.9 Å². The van der Waals surface area contributed by atoms with Gasteiger partial charge in [0.05, 0.1) is 12.5 Å². The van der Waals surface area contributed by atoms with Gasteiger partial charge in [-0.2, -0.15) is 0 Å². The lowest BCUT2D eigenvalue weighted by Gasteiger charge is -2.31. The van der Waals surface area contributed by atoms with Crippen LogP contribution in [0.1, 0.15) is 44.1 Å². The average molecular weight is 416 g/mol. The molecule has 0 aromatic heterocycles. The van der Waals surface area contributed by atoms with Crippen molar-refractivity contribution in [3.8, 4) is 0 Å². The maximum atomic E-state index is 12.1. The number of rotatable bonds is 8. The Labute approximate surface area is 177 Å². The highest BCUT2D eigenvalue weighted by molar-refractivity contribution is 5.94. The number of hydrogen-bond donors (Lipinski definition) is 4. The highest BCUT2D eigenvalue weighted by Gasteiger charge is 2.23. The van der Waals surface area contributed by atoms with Crippen molar-refractivity contribution in [2.45, 2.75) is 45.1 Å². The van der Waals surface area contributed by atoms with Crippen LogP contribution < -0.4 is 21.7 Å². The van der Waals surface area contributed by atoms with E-state index in [1.54, 1.807) is 0 Å². The summed E-state index contributed by atoms with van der Waals surface area (Å²) in [5, 5.41) is 8.23. The lowest BCUT2D eigenvalue weighted by Crippen LogP contribution is -2.41. The van der Waals surface area contributed by atoms with Crippen LogP contribution in [-0.2, 0) is 16.1 Å². The summed E-state index contributed by atoms with van der Waals surface area (Å²) in [6.07, 6.45) is 6.65. The number of urea groups is 1. The summed E-state index contributed by atoms with van der Waals surface area (Å²) in [7, 11) is 0. The lowest BCUT2D eigenvalue weighted by molar-refractivity contribution is -0.123. The molecule has 30 heavy (non-hydrogen) atoms. The predicted molar refractivity (Wildman–Crippen MR) is 116 cm³/mol. The largest absolute Gasteiger partial charge is 0.369 e. The number of nitrogens with zero attached hydrogens (tertiary/aromatic N) is 1. The van der Waals surface area contributed by atoms with Crippen LogP contribution in [0.4, 0.5) is 10.5 Å². The zero-order valence-corrected chi connectivity index (χ0v) is 17.5. The summed E-state index contributed by atoms with van der Waals surface area (Å²) in [4.78, 5) is 37.5. The highest BCUT2D eigenvalue weighted by atomic mass is 16.2. The Kier molecular flexibility index (Phi) is 8.07. The van der Waals surface area contributed by atoms with Gasteiger partial charge in [0, 0.05) is 25.3 Å². The van der Waals surface area contributed by atoms with Gasteiger partial charge in [0.2, 0.25) is 11.8 Å². The maximum absolute atomic E-state index is 12.1. The Balaban J connectivity index is 1.36. The molecule has 0 radical (unpaired) electrons. The average Bonchev–Trinajstić information content (AvgIpc) is 3.26. The summed E-state index contributed by atoms with van der Waals surface area (Å²) in [5.41, 5.74) is 7.24. The minimum absolute atomic E-state index is 0.0689. The van der Waals surface area contributed by atoms with E-state index in [1.807, 2.05) is 24.3 Å². The second-order valence-electron chi connectivity index (χ2n) is 8.44. The summed E-state index contributed by atoms with van der Waals surface area (Å²) < 4.78 is 0. The molecule has 4 amide bonds. The molecule has 1 aromatic rings. The third-order valence-electron chi connectivity index (χ3n) is 5.99. The molecule has 1 aliphatic carbocycles. The molecule has 164 valence electrons. The summed E-state index contributed by atoms with van der Waals surface area (Å²) >= 11 is 0. The first kappa shape index (κ1) is 22.1. The first-order chi connectivity index (χ1) is 14.5. The maximum Gasteiger partial charge on any atom is 0.315 e. The van der Waals surface area contributed by atoms with Crippen LogP contribution in [0.3, 0.4) is 0 Å². The molecule has 2 fully saturated rings. The number of amides is 4. The van der Waals surface area contributed by atoms with Crippen molar-refractivity contribution < 1.29 is 14.4 Å². The molecule has 0 spiro atoms. The molecule has 2 aliphatic rings. The second kappa shape index (κ2) is 11.0. The Morgan fingerprint density at radius 3 is 2.43 bits per heavy atom. The molecule has 1 saturated heterocycles. The molecule has 1 unspecified atom stereocenters. The van der Waals surface area contributed by atoms with Gasteiger partial charge in [-0.05, 0) is 55.8 Å². The van der Waals surface area contributed by atoms with Gasteiger partial charge in [0.15, 0.2) is 0 Å². The number of primary amides is 1. The fraction of sp³-hybridized carbons (Fsp3) is 0.591. The van der Waals surface area contributed by atoms with Crippen molar-refractivity contribution in [1.29, 1.82) is 0 Å². The highest BCUT2D eigenvalue weighted by Crippen LogP contribution is 2.23. The van der Waals surface area contributed by atoms with E-state index in [-0.39, 0.29) is 30.3 Å². The molecular formula is C22H33N5O3. The predicted octanol–water partition coefficient (Wildman–Crippen LogP) is 1.81. The quantitative estimate of drug-likeness (QED) is 0.518. The lowest BCUT2D eigenvalue weighted by atomic mass is 9.97. The van der Waals surface area contributed by atoms with Crippen molar-refractivity contribution in [2.75, 3.05) is 31.5 Å². The minimum Gasteiger partial charge on any atom is -0.369 e. The normalized spacial score (nSPS) is 19.9. The van der Waals surface area contributed by atoms with E-state index in [9.17, 15) is 14.4 Å². The van der Waals surface area contributed by atoms with Crippen LogP contribution in [0.5, 0.6) is 0 Å². The van der Waals surface area contributed by atoms with Crippen LogP contribution in [0.2, 0.25) is 0 Å². The number of piperidine rings is 1. The van der Waals surface area contributed by atoms with Crippen molar-refractivity contribution in [1.82, 2.24) is 15.5 Å². The number of anilines is 1. The van der Waals surface area contributed by atoms with Gasteiger partial charge in [0.1, 0.15) is 0 Å². The summed E-state index contributed by atoms with van der Waals surface area (Å²) in [5.74, 6) is 0.00701. The molecule has 1 heterocycles. The van der Waals surface area contributed by atoms with E-state index < -0.39 is 0 Å². The number of carbonyl (C=O) groups is 3. The third-order valence-corrected chi connectivity index (χ3v) is 5.99. The molecule has 1 atom stereocenters. The Morgan fingerprint density at radius 2 is 1.73 bits per heavy atom. The van der Waals surface area contributed by atoms with Gasteiger partial charge in [-0.15, -0.1) is 0 Å². The number of nitrogens with two attached hydrogens (primary N) is 1. The molecule has 0 bridgehead atoms. The van der Waals surface area contributed by atoms with Crippen molar-refractivity contribution in [3.63, 3.8) is 0 Å². The van der Waals surface area contributed by atoms with E-state index >= 15 is 0 Å². The van der Waals surface area contributed by atoms with Crippen molar-refractivity contribution in [3.05, 3.63) is 29.8 Å². The standard InChI is InChI=1S/C22H33N5O3/c23-21(29)18-6-3-11-27(15-18)14-17-7-9-19(10-8-17)26-20(28)13-25-22(30)24-12-16-4-1-2-5-16/h7-10,16,18H,1-6,11-15H2,(H2,23,29)(H,26,28)(H2,24,25,30). The number of benzene rings is 1. The van der Waals surface area contributed by atoms with E-state index in [4.69, 9.17) is 5.73 Å². The van der Waals surface area contributed by atoms with Crippen molar-refractivity contribution >= 4 is 23.5 Å². The van der Waals surface area contributed by atoms with Gasteiger partial charge in [-0.25, -0.2) is 4.79 Å². The number of nitrogens with one attached hydrogen (secondary N) is 3. The topological polar surface area (TPSA) is 117 Å². The molecule has 5 N–H and O–H groups in total. The van der Waals surface area contributed by atoms with Gasteiger partial charge in [-0.1, -0.05) is 25.0 Å². The molecule has 1 saturated carbocycles. The third kappa shape index (κ3) is 7.02. The van der Waals surface area contributed by atoms with E-state index in [0.717, 1.165) is 31.5 Å². The summed E-state index contributed by atoms with van der Waals surface area (Å²) in [6, 6.07) is 7.32. The smallest absolute Gasteiger partial charge is 0.315 e. The van der Waals surface area contributed by atoms with Crippen molar-refractivity contribution in [2.24, 2.45) is 17.6 Å². The minimum atomic E-state index is -0.303. The Bertz CT molecular complexity index is 731. The van der Waals surface area contributed by atoms with Gasteiger partial charge in [0.25, 0.3) is 0 Å². The Morgan fingerprint density at radius 1 is 1.00 bits per heavy atom. The zero-order valence-electron chi connectivity index (χ0n) is 17.5. The van der Waals surface area contributed by atoms with Crippen LogP contribution in [0.15, 0.2) is 24.3 Å². The van der Waals surface area contributed by atoms with Crippen LogP contribution in [0.25, 0.3) is 0 Å². The monoisotopic (exact) mass is 415 g/mol. The Hall–Kier alpha value is -2.61. The first-order valence-electron chi connectivity index (χ1n) is 10.9. The van der Waals surface area contributed by atoms with E-state index in [0.29, 0.717) is 24.7 Å². The number of carbonyl (C=O) groups excluding carboxylic acids is 3. The molecular weight excluding hydrogens is 382 g/mol. The molecule has 8 nitrogen and oxygen atoms in total. The number of hydrogen-bond acceptors (Lipinski definition) is 4. The SMILES string of the molecule is NC(=O)C1CCCN(Cc2ccc(NC(=O)CNC(=O)NCC3CCCC3)cc2)C1. The molecule has 8 heteroatoms. The van der Waals surface area contributed by atoms with Gasteiger partial charge >= 0.3 is 6.03 Å². The van der Waals surface area contributed by atoms with Gasteiger partial charge in [-0.3, -0.25) is 14.5 Å².